The number of carbonyl (C=O) groups excluding carboxylic acids is 2. The Kier molecular flexibility index (Phi) is 5.88. The van der Waals surface area contributed by atoms with Crippen LogP contribution in [-0.4, -0.2) is 24.0 Å². The number of anilines is 2. The summed E-state index contributed by atoms with van der Waals surface area (Å²) in [6, 6.07) is 11.2. The van der Waals surface area contributed by atoms with Crippen molar-refractivity contribution < 1.29 is 23.5 Å². The molecule has 30 heavy (non-hydrogen) atoms. The van der Waals surface area contributed by atoms with Crippen molar-refractivity contribution in [2.24, 2.45) is 5.92 Å². The predicted octanol–water partition coefficient (Wildman–Crippen LogP) is 4.51. The minimum Gasteiger partial charge on any atom is -0.482 e. The molecule has 1 heterocycles. The topological polar surface area (TPSA) is 76.7 Å². The van der Waals surface area contributed by atoms with Gasteiger partial charge in [-0.05, 0) is 50.1 Å². The number of benzene rings is 2. The quantitative estimate of drug-likeness (QED) is 0.775. The Morgan fingerprint density at radius 2 is 1.63 bits per heavy atom. The number of rotatable bonds is 4. The highest BCUT2D eigenvalue weighted by Gasteiger charge is 2.34. The summed E-state index contributed by atoms with van der Waals surface area (Å²) in [5.74, 6) is -0.139. The van der Waals surface area contributed by atoms with Crippen LogP contribution in [0.15, 0.2) is 42.5 Å². The molecule has 2 unspecified atom stereocenters. The molecule has 1 aliphatic heterocycles. The number of hydrogen-bond acceptors (Lipinski definition) is 4. The molecule has 0 aromatic heterocycles. The first kappa shape index (κ1) is 20.2. The normalized spacial score (nSPS) is 21.0. The smallest absolute Gasteiger partial charge is 0.269 e. The zero-order valence-electron chi connectivity index (χ0n) is 16.8. The molecular formula is C23H25FN2O4. The molecule has 0 radical (unpaired) electrons. The van der Waals surface area contributed by atoms with Crippen LogP contribution in [0.3, 0.4) is 0 Å². The van der Waals surface area contributed by atoms with Crippen LogP contribution in [0.25, 0.3) is 0 Å². The van der Waals surface area contributed by atoms with E-state index in [9.17, 15) is 14.0 Å². The lowest BCUT2D eigenvalue weighted by Gasteiger charge is -2.31. The van der Waals surface area contributed by atoms with Crippen LogP contribution >= 0.6 is 0 Å². The summed E-state index contributed by atoms with van der Waals surface area (Å²) in [7, 11) is 0. The molecule has 2 amide bonds. The third-order valence-electron chi connectivity index (χ3n) is 5.57. The highest BCUT2D eigenvalue weighted by atomic mass is 19.1. The van der Waals surface area contributed by atoms with E-state index in [0.717, 1.165) is 32.1 Å². The van der Waals surface area contributed by atoms with Crippen LogP contribution < -0.4 is 20.1 Å². The lowest BCUT2D eigenvalue weighted by molar-refractivity contribution is -0.128. The zero-order valence-corrected chi connectivity index (χ0v) is 16.8. The predicted molar refractivity (Wildman–Crippen MR) is 111 cm³/mol. The molecular weight excluding hydrogens is 387 g/mol. The fraction of sp³-hybridized carbons (Fsp3) is 0.391. The van der Waals surface area contributed by atoms with E-state index in [-0.39, 0.29) is 17.5 Å². The fourth-order valence-corrected chi connectivity index (χ4v) is 3.92. The van der Waals surface area contributed by atoms with Crippen molar-refractivity contribution in [2.75, 3.05) is 10.6 Å². The second-order valence-corrected chi connectivity index (χ2v) is 7.82. The van der Waals surface area contributed by atoms with Gasteiger partial charge in [-0.1, -0.05) is 31.4 Å². The average Bonchev–Trinajstić information content (AvgIpc) is 2.76. The van der Waals surface area contributed by atoms with Crippen molar-refractivity contribution in [2.45, 2.75) is 51.2 Å². The Morgan fingerprint density at radius 1 is 0.933 bits per heavy atom. The molecule has 7 heteroatoms. The van der Waals surface area contributed by atoms with Gasteiger partial charge in [0.25, 0.3) is 5.91 Å². The second kappa shape index (κ2) is 8.73. The van der Waals surface area contributed by atoms with Gasteiger partial charge in [-0.3, -0.25) is 9.59 Å². The van der Waals surface area contributed by atoms with Gasteiger partial charge >= 0.3 is 0 Å². The van der Waals surface area contributed by atoms with E-state index in [1.54, 1.807) is 25.1 Å². The molecule has 2 atom stereocenters. The van der Waals surface area contributed by atoms with Gasteiger partial charge < -0.3 is 20.1 Å². The highest BCUT2D eigenvalue weighted by Crippen LogP contribution is 2.34. The number of para-hydroxylation sites is 2. The molecule has 4 rings (SSSR count). The van der Waals surface area contributed by atoms with Gasteiger partial charge in [0.1, 0.15) is 11.9 Å². The van der Waals surface area contributed by atoms with Crippen LogP contribution in [0.2, 0.25) is 0 Å². The van der Waals surface area contributed by atoms with E-state index in [2.05, 4.69) is 10.6 Å². The molecule has 1 saturated carbocycles. The van der Waals surface area contributed by atoms with Gasteiger partial charge in [0, 0.05) is 11.6 Å². The third kappa shape index (κ3) is 4.40. The lowest BCUT2D eigenvalue weighted by atomic mass is 9.88. The minimum atomic E-state index is -0.856. The maximum atomic E-state index is 14.2. The number of carbonyl (C=O) groups is 2. The van der Waals surface area contributed by atoms with Crippen LogP contribution in [0, 0.1) is 11.7 Å². The molecule has 0 bridgehead atoms. The van der Waals surface area contributed by atoms with Crippen LogP contribution in [0.5, 0.6) is 11.5 Å². The van der Waals surface area contributed by atoms with Crippen molar-refractivity contribution in [3.8, 4) is 11.5 Å². The Labute approximate surface area is 174 Å². The van der Waals surface area contributed by atoms with E-state index < -0.39 is 23.9 Å². The molecule has 6 nitrogen and oxygen atoms in total. The molecule has 158 valence electrons. The lowest BCUT2D eigenvalue weighted by Crippen LogP contribution is -2.46. The van der Waals surface area contributed by atoms with Crippen molar-refractivity contribution in [1.29, 1.82) is 0 Å². The second-order valence-electron chi connectivity index (χ2n) is 7.82. The monoisotopic (exact) mass is 412 g/mol. The summed E-state index contributed by atoms with van der Waals surface area (Å²) in [6.45, 7) is 1.75. The van der Waals surface area contributed by atoms with E-state index >= 15 is 0 Å². The number of nitrogens with one attached hydrogen (secondary N) is 2. The molecule has 0 spiro atoms. The summed E-state index contributed by atoms with van der Waals surface area (Å²) in [5.41, 5.74) is 0.428. The van der Waals surface area contributed by atoms with Crippen molar-refractivity contribution in [3.63, 3.8) is 0 Å². The minimum absolute atomic E-state index is 0.0579. The third-order valence-corrected chi connectivity index (χ3v) is 5.57. The van der Waals surface area contributed by atoms with E-state index in [1.165, 1.54) is 18.2 Å². The Balaban J connectivity index is 1.44. The molecule has 0 saturated heterocycles. The van der Waals surface area contributed by atoms with E-state index in [0.29, 0.717) is 17.2 Å². The summed E-state index contributed by atoms with van der Waals surface area (Å²) < 4.78 is 25.8. The van der Waals surface area contributed by atoms with Crippen molar-refractivity contribution in [3.05, 3.63) is 48.3 Å². The first-order valence-corrected chi connectivity index (χ1v) is 10.3. The van der Waals surface area contributed by atoms with Gasteiger partial charge in [-0.2, -0.15) is 0 Å². The number of fused-ring (bicyclic) bond motifs is 1. The van der Waals surface area contributed by atoms with Gasteiger partial charge in [0.15, 0.2) is 11.5 Å². The van der Waals surface area contributed by atoms with Crippen molar-refractivity contribution in [1.82, 2.24) is 0 Å². The Morgan fingerprint density at radius 3 is 2.37 bits per heavy atom. The Bertz CT molecular complexity index is 943. The molecule has 2 aromatic rings. The van der Waals surface area contributed by atoms with Gasteiger partial charge in [0.05, 0.1) is 5.69 Å². The first-order valence-electron chi connectivity index (χ1n) is 10.3. The standard InChI is InChI=1S/C23H25FN2O4/c1-14-21(30-20-10-6-5-9-19(20)29-14)23(28)25-16-11-12-17(24)18(13-16)26-22(27)15-7-3-2-4-8-15/h5-6,9-15,21H,2-4,7-8H2,1H3,(H,25,28)(H,26,27). The summed E-state index contributed by atoms with van der Waals surface area (Å²) in [5, 5.41) is 5.41. The molecule has 2 aromatic carbocycles. The van der Waals surface area contributed by atoms with Crippen LogP contribution in [0.4, 0.5) is 15.8 Å². The summed E-state index contributed by atoms with van der Waals surface area (Å²) in [6.07, 6.45) is 3.46. The van der Waals surface area contributed by atoms with Crippen LogP contribution in [-0.2, 0) is 9.59 Å². The number of ether oxygens (including phenoxy) is 2. The van der Waals surface area contributed by atoms with Gasteiger partial charge in [-0.25, -0.2) is 4.39 Å². The number of amides is 2. The van der Waals surface area contributed by atoms with Crippen molar-refractivity contribution >= 4 is 23.2 Å². The molecule has 1 fully saturated rings. The fourth-order valence-electron chi connectivity index (χ4n) is 3.92. The largest absolute Gasteiger partial charge is 0.482 e. The zero-order chi connectivity index (χ0) is 21.1. The summed E-state index contributed by atoms with van der Waals surface area (Å²) in [4.78, 5) is 25.2. The molecule has 2 N–H and O–H groups in total. The maximum Gasteiger partial charge on any atom is 0.269 e. The van der Waals surface area contributed by atoms with Crippen LogP contribution in [0.1, 0.15) is 39.0 Å². The van der Waals surface area contributed by atoms with Gasteiger partial charge in [-0.15, -0.1) is 0 Å². The molecule has 2 aliphatic rings. The average molecular weight is 412 g/mol. The number of halogens is 1. The summed E-state index contributed by atoms with van der Waals surface area (Å²) >= 11 is 0. The number of hydrogen-bond donors (Lipinski definition) is 2. The van der Waals surface area contributed by atoms with E-state index in [1.807, 2.05) is 6.07 Å². The first-order chi connectivity index (χ1) is 14.5. The maximum absolute atomic E-state index is 14.2. The van der Waals surface area contributed by atoms with Gasteiger partial charge in [0.2, 0.25) is 12.0 Å². The molecule has 1 aliphatic carbocycles. The Hall–Kier alpha value is -3.09. The SMILES string of the molecule is CC1Oc2ccccc2OC1C(=O)Nc1ccc(F)c(NC(=O)C2CCCCC2)c1. The van der Waals surface area contributed by atoms with E-state index in [4.69, 9.17) is 9.47 Å². The highest BCUT2D eigenvalue weighted by molar-refractivity contribution is 5.97.